The predicted octanol–water partition coefficient (Wildman–Crippen LogP) is 2.60. The fourth-order valence-corrected chi connectivity index (χ4v) is 5.02. The van der Waals surface area contributed by atoms with Gasteiger partial charge in [0.05, 0.1) is 18.6 Å². The van der Waals surface area contributed by atoms with Gasteiger partial charge in [-0.15, -0.1) is 0 Å². The number of rotatable bonds is 7. The molecule has 1 aliphatic heterocycles. The second-order valence-electron chi connectivity index (χ2n) is 7.00. The number of carbonyl (C=O) groups is 1. The first-order chi connectivity index (χ1) is 13.4. The van der Waals surface area contributed by atoms with Crippen LogP contribution < -0.4 is 9.47 Å². The SMILES string of the molecule is COc1ccccc1OCC(=O)N(Cc1ccc(C)cc1)[C@H]1CCS(=O)(=O)C1. The molecule has 0 spiro atoms. The van der Waals surface area contributed by atoms with Crippen molar-refractivity contribution in [3.63, 3.8) is 0 Å². The molecule has 3 rings (SSSR count). The van der Waals surface area contributed by atoms with Gasteiger partial charge in [0.25, 0.3) is 5.91 Å². The molecule has 1 saturated heterocycles. The topological polar surface area (TPSA) is 72.9 Å². The molecule has 6 nitrogen and oxygen atoms in total. The molecule has 0 aromatic heterocycles. The van der Waals surface area contributed by atoms with Crippen LogP contribution in [0.5, 0.6) is 11.5 Å². The van der Waals surface area contributed by atoms with Gasteiger partial charge in [-0.3, -0.25) is 4.79 Å². The highest BCUT2D eigenvalue weighted by Gasteiger charge is 2.34. The largest absolute Gasteiger partial charge is 0.493 e. The molecule has 1 heterocycles. The second-order valence-corrected chi connectivity index (χ2v) is 9.23. The maximum Gasteiger partial charge on any atom is 0.261 e. The van der Waals surface area contributed by atoms with E-state index in [1.54, 1.807) is 23.1 Å². The van der Waals surface area contributed by atoms with E-state index >= 15 is 0 Å². The van der Waals surface area contributed by atoms with Crippen LogP contribution in [0.3, 0.4) is 0 Å². The van der Waals surface area contributed by atoms with Crippen molar-refractivity contribution in [2.24, 2.45) is 0 Å². The Morgan fingerprint density at radius 3 is 2.39 bits per heavy atom. The maximum atomic E-state index is 13.0. The van der Waals surface area contributed by atoms with Gasteiger partial charge in [-0.25, -0.2) is 8.42 Å². The summed E-state index contributed by atoms with van der Waals surface area (Å²) in [7, 11) is -1.57. The summed E-state index contributed by atoms with van der Waals surface area (Å²) in [5.74, 6) is 0.896. The molecule has 0 unspecified atom stereocenters. The molecule has 1 aliphatic rings. The third-order valence-electron chi connectivity index (χ3n) is 4.86. The van der Waals surface area contributed by atoms with E-state index in [9.17, 15) is 13.2 Å². The molecule has 1 amide bonds. The molecule has 1 atom stereocenters. The Hall–Kier alpha value is -2.54. The van der Waals surface area contributed by atoms with E-state index < -0.39 is 9.84 Å². The number of ether oxygens (including phenoxy) is 2. The number of benzene rings is 2. The summed E-state index contributed by atoms with van der Waals surface area (Å²) in [6, 6.07) is 14.7. The summed E-state index contributed by atoms with van der Waals surface area (Å²) >= 11 is 0. The van der Waals surface area contributed by atoms with Gasteiger partial charge in [-0.1, -0.05) is 42.0 Å². The monoisotopic (exact) mass is 403 g/mol. The first kappa shape index (κ1) is 20.2. The molecule has 7 heteroatoms. The Balaban J connectivity index is 1.75. The summed E-state index contributed by atoms with van der Waals surface area (Å²) in [5.41, 5.74) is 2.09. The van der Waals surface area contributed by atoms with Gasteiger partial charge >= 0.3 is 0 Å². The molecule has 2 aromatic rings. The zero-order valence-electron chi connectivity index (χ0n) is 16.1. The quantitative estimate of drug-likeness (QED) is 0.711. The maximum absolute atomic E-state index is 13.0. The lowest BCUT2D eigenvalue weighted by atomic mass is 10.1. The van der Waals surface area contributed by atoms with Crippen molar-refractivity contribution in [2.75, 3.05) is 25.2 Å². The van der Waals surface area contributed by atoms with Gasteiger partial charge < -0.3 is 14.4 Å². The predicted molar refractivity (Wildman–Crippen MR) is 107 cm³/mol. The third-order valence-corrected chi connectivity index (χ3v) is 6.61. The van der Waals surface area contributed by atoms with Crippen molar-refractivity contribution < 1.29 is 22.7 Å². The number of amides is 1. The molecular weight excluding hydrogens is 378 g/mol. The number of aryl methyl sites for hydroxylation is 1. The molecule has 0 bridgehead atoms. The van der Waals surface area contributed by atoms with Crippen LogP contribution in [0.15, 0.2) is 48.5 Å². The molecule has 0 aliphatic carbocycles. The third kappa shape index (κ3) is 5.04. The van der Waals surface area contributed by atoms with Crippen molar-refractivity contribution in [3.05, 3.63) is 59.7 Å². The van der Waals surface area contributed by atoms with E-state index in [0.717, 1.165) is 11.1 Å². The summed E-state index contributed by atoms with van der Waals surface area (Å²) in [6.45, 7) is 2.18. The Morgan fingerprint density at radius 2 is 1.79 bits per heavy atom. The number of carbonyl (C=O) groups excluding carboxylic acids is 1. The lowest BCUT2D eigenvalue weighted by Crippen LogP contribution is -2.43. The van der Waals surface area contributed by atoms with Gasteiger partial charge in [0, 0.05) is 12.6 Å². The van der Waals surface area contributed by atoms with E-state index in [1.807, 2.05) is 37.3 Å². The molecule has 0 radical (unpaired) electrons. The first-order valence-corrected chi connectivity index (χ1v) is 11.0. The van der Waals surface area contributed by atoms with Gasteiger partial charge in [0.15, 0.2) is 27.9 Å². The van der Waals surface area contributed by atoms with Crippen LogP contribution in [0.4, 0.5) is 0 Å². The highest BCUT2D eigenvalue weighted by Crippen LogP contribution is 2.26. The number of para-hydroxylation sites is 2. The van der Waals surface area contributed by atoms with Crippen LogP contribution >= 0.6 is 0 Å². The average molecular weight is 404 g/mol. The van der Waals surface area contributed by atoms with Gasteiger partial charge in [0.1, 0.15) is 0 Å². The smallest absolute Gasteiger partial charge is 0.261 e. The number of sulfone groups is 1. The van der Waals surface area contributed by atoms with E-state index in [0.29, 0.717) is 24.5 Å². The average Bonchev–Trinajstić information content (AvgIpc) is 3.05. The molecular formula is C21H25NO5S. The van der Waals surface area contributed by atoms with Crippen LogP contribution in [0.1, 0.15) is 17.5 Å². The molecule has 28 heavy (non-hydrogen) atoms. The van der Waals surface area contributed by atoms with Crippen molar-refractivity contribution >= 4 is 15.7 Å². The van der Waals surface area contributed by atoms with Crippen LogP contribution in [-0.4, -0.2) is 50.5 Å². The van der Waals surface area contributed by atoms with Crippen molar-refractivity contribution in [1.82, 2.24) is 4.90 Å². The highest BCUT2D eigenvalue weighted by atomic mass is 32.2. The summed E-state index contributed by atoms with van der Waals surface area (Å²) in [4.78, 5) is 14.6. The van der Waals surface area contributed by atoms with E-state index in [1.165, 1.54) is 7.11 Å². The van der Waals surface area contributed by atoms with Crippen molar-refractivity contribution in [1.29, 1.82) is 0 Å². The Kier molecular flexibility index (Phi) is 6.24. The van der Waals surface area contributed by atoms with Gasteiger partial charge in [-0.2, -0.15) is 0 Å². The molecule has 150 valence electrons. The highest BCUT2D eigenvalue weighted by molar-refractivity contribution is 7.91. The molecule has 1 fully saturated rings. The standard InChI is InChI=1S/C21H25NO5S/c1-16-7-9-17(10-8-16)13-22(18-11-12-28(24,25)15-18)21(23)14-27-20-6-4-3-5-19(20)26-2/h3-10,18H,11-15H2,1-2H3/t18-/m0/s1. The minimum Gasteiger partial charge on any atom is -0.493 e. The Bertz CT molecular complexity index is 924. The van der Waals surface area contributed by atoms with Gasteiger partial charge in [0.2, 0.25) is 0 Å². The minimum atomic E-state index is -3.11. The first-order valence-electron chi connectivity index (χ1n) is 9.19. The van der Waals surface area contributed by atoms with Gasteiger partial charge in [-0.05, 0) is 31.0 Å². The summed E-state index contributed by atoms with van der Waals surface area (Å²) < 4.78 is 34.8. The zero-order valence-corrected chi connectivity index (χ0v) is 16.9. The van der Waals surface area contributed by atoms with Crippen molar-refractivity contribution in [3.8, 4) is 11.5 Å². The number of hydrogen-bond acceptors (Lipinski definition) is 5. The summed E-state index contributed by atoms with van der Waals surface area (Å²) in [5, 5.41) is 0. The lowest BCUT2D eigenvalue weighted by molar-refractivity contribution is -0.136. The number of hydrogen-bond donors (Lipinski definition) is 0. The van der Waals surface area contributed by atoms with Crippen LogP contribution in [-0.2, 0) is 21.2 Å². The van der Waals surface area contributed by atoms with Crippen LogP contribution in [0.2, 0.25) is 0 Å². The summed E-state index contributed by atoms with van der Waals surface area (Å²) in [6.07, 6.45) is 0.453. The molecule has 0 N–H and O–H groups in total. The van der Waals surface area contributed by atoms with Crippen LogP contribution in [0.25, 0.3) is 0 Å². The number of methoxy groups -OCH3 is 1. The lowest BCUT2D eigenvalue weighted by Gasteiger charge is -2.28. The second kappa shape index (κ2) is 8.65. The van der Waals surface area contributed by atoms with E-state index in [2.05, 4.69) is 0 Å². The normalized spacial score (nSPS) is 17.9. The Labute approximate surface area is 166 Å². The number of nitrogens with zero attached hydrogens (tertiary/aromatic N) is 1. The van der Waals surface area contributed by atoms with E-state index in [4.69, 9.17) is 9.47 Å². The zero-order chi connectivity index (χ0) is 20.1. The molecule has 0 saturated carbocycles. The van der Waals surface area contributed by atoms with Crippen molar-refractivity contribution in [2.45, 2.75) is 25.9 Å². The minimum absolute atomic E-state index is 0.000735. The van der Waals surface area contributed by atoms with E-state index in [-0.39, 0.29) is 30.1 Å². The fourth-order valence-electron chi connectivity index (χ4n) is 3.29. The fraction of sp³-hybridized carbons (Fsp3) is 0.381. The molecule has 2 aromatic carbocycles. The Morgan fingerprint density at radius 1 is 1.11 bits per heavy atom. The van der Waals surface area contributed by atoms with Crippen LogP contribution in [0, 0.1) is 6.92 Å².